The van der Waals surface area contributed by atoms with E-state index in [1.807, 2.05) is 48.5 Å². The Morgan fingerprint density at radius 2 is 1.56 bits per heavy atom. The molecule has 0 aromatic rings. The zero-order chi connectivity index (χ0) is 29.7. The molecule has 5 amide bonds. The first kappa shape index (κ1) is 32.2. The van der Waals surface area contributed by atoms with Gasteiger partial charge < -0.3 is 26.6 Å². The highest BCUT2D eigenvalue weighted by molar-refractivity contribution is 6.37. The molecular formula is C28H47N5O6. The molecule has 1 saturated heterocycles. The van der Waals surface area contributed by atoms with Crippen LogP contribution in [0.3, 0.4) is 0 Å². The fourth-order valence-corrected chi connectivity index (χ4v) is 4.86. The number of carbonyl (C=O) groups excluding carboxylic acids is 6. The van der Waals surface area contributed by atoms with E-state index in [4.69, 9.17) is 5.73 Å². The molecule has 5 atom stereocenters. The summed E-state index contributed by atoms with van der Waals surface area (Å²) in [4.78, 5) is 78.1. The van der Waals surface area contributed by atoms with Gasteiger partial charge in [0.05, 0.1) is 12.1 Å². The summed E-state index contributed by atoms with van der Waals surface area (Å²) < 4.78 is 0. The second kappa shape index (κ2) is 13.4. The molecule has 0 spiro atoms. The second-order valence-corrected chi connectivity index (χ2v) is 12.5. The Morgan fingerprint density at radius 3 is 2.05 bits per heavy atom. The number of nitrogens with two attached hydrogens (primary N) is 1. The van der Waals surface area contributed by atoms with Crippen LogP contribution in [0, 0.1) is 23.2 Å². The first-order valence-electron chi connectivity index (χ1n) is 14.1. The molecule has 2 aliphatic rings. The van der Waals surface area contributed by atoms with Crippen LogP contribution in [0.2, 0.25) is 0 Å². The van der Waals surface area contributed by atoms with E-state index < -0.39 is 59.1 Å². The number of Topliss-reactive ketones (excluding diaryl/α,β-unsaturated/α-hetero) is 2. The molecule has 11 nitrogen and oxygen atoms in total. The third kappa shape index (κ3) is 8.76. The van der Waals surface area contributed by atoms with Crippen molar-refractivity contribution >= 4 is 35.3 Å². The van der Waals surface area contributed by atoms with Crippen molar-refractivity contribution in [3.05, 3.63) is 0 Å². The quantitative estimate of drug-likeness (QED) is 0.255. The Kier molecular flexibility index (Phi) is 11.1. The molecule has 1 aliphatic carbocycles. The molecule has 5 N–H and O–H groups in total. The van der Waals surface area contributed by atoms with E-state index in [-0.39, 0.29) is 30.0 Å². The fourth-order valence-electron chi connectivity index (χ4n) is 4.86. The van der Waals surface area contributed by atoms with Crippen molar-refractivity contribution in [2.24, 2.45) is 28.9 Å². The molecule has 0 aromatic carbocycles. The van der Waals surface area contributed by atoms with Crippen molar-refractivity contribution in [3.8, 4) is 0 Å². The van der Waals surface area contributed by atoms with Crippen LogP contribution in [-0.4, -0.2) is 70.9 Å². The molecule has 2 rings (SSSR count). The summed E-state index contributed by atoms with van der Waals surface area (Å²) in [6.45, 7) is 13.3. The lowest BCUT2D eigenvalue weighted by molar-refractivity contribution is -0.143. The fraction of sp³-hybridized carbons (Fsp3) is 0.786. The van der Waals surface area contributed by atoms with Crippen LogP contribution in [0.1, 0.15) is 87.0 Å². The van der Waals surface area contributed by atoms with Gasteiger partial charge in [0.15, 0.2) is 5.78 Å². The Balaban J connectivity index is 2.17. The van der Waals surface area contributed by atoms with E-state index in [1.165, 1.54) is 4.90 Å². The van der Waals surface area contributed by atoms with Gasteiger partial charge in [-0.2, -0.15) is 0 Å². The maximum absolute atomic E-state index is 13.8. The monoisotopic (exact) mass is 549 g/mol. The van der Waals surface area contributed by atoms with E-state index >= 15 is 0 Å². The number of primary amides is 1. The van der Waals surface area contributed by atoms with Gasteiger partial charge in [-0.15, -0.1) is 0 Å². The first-order chi connectivity index (χ1) is 18.1. The molecule has 39 heavy (non-hydrogen) atoms. The van der Waals surface area contributed by atoms with Gasteiger partial charge >= 0.3 is 6.03 Å². The summed E-state index contributed by atoms with van der Waals surface area (Å²) in [6.07, 6.45) is 3.61. The predicted octanol–water partition coefficient (Wildman–Crippen LogP) is 1.67. The number of nitrogens with zero attached hydrogens (tertiary/aromatic N) is 1. The van der Waals surface area contributed by atoms with Crippen LogP contribution < -0.4 is 21.7 Å². The number of rotatable bonds is 13. The van der Waals surface area contributed by atoms with Gasteiger partial charge in [-0.3, -0.25) is 24.0 Å². The van der Waals surface area contributed by atoms with Crippen LogP contribution >= 0.6 is 0 Å². The van der Waals surface area contributed by atoms with E-state index in [0.29, 0.717) is 19.4 Å². The molecule has 1 heterocycles. The Bertz CT molecular complexity index is 955. The molecular weight excluding hydrogens is 502 g/mol. The molecule has 0 bridgehead atoms. The SMILES string of the molecule is CCC(C)CC(NC(=O)C1CCCN1C(=O)C(NC(=O)NC(C(=O)C1CC1)C(C)C)C(C)(C)C)C(=O)C(N)=O. The van der Waals surface area contributed by atoms with Crippen molar-refractivity contribution in [1.82, 2.24) is 20.9 Å². The Hall–Kier alpha value is -2.98. The number of hydrogen-bond acceptors (Lipinski definition) is 6. The number of nitrogens with one attached hydrogen (secondary N) is 3. The number of ketones is 2. The summed E-state index contributed by atoms with van der Waals surface area (Å²) in [5.41, 5.74) is 4.51. The minimum absolute atomic E-state index is 0.00696. The lowest BCUT2D eigenvalue weighted by Gasteiger charge is -2.36. The van der Waals surface area contributed by atoms with Crippen molar-refractivity contribution in [2.75, 3.05) is 6.54 Å². The van der Waals surface area contributed by atoms with Gasteiger partial charge in [-0.05, 0) is 49.4 Å². The normalized spacial score (nSPS) is 20.5. The predicted molar refractivity (Wildman–Crippen MR) is 146 cm³/mol. The van der Waals surface area contributed by atoms with Gasteiger partial charge in [-0.1, -0.05) is 54.9 Å². The van der Waals surface area contributed by atoms with E-state index in [0.717, 1.165) is 19.3 Å². The Morgan fingerprint density at radius 1 is 0.949 bits per heavy atom. The highest BCUT2D eigenvalue weighted by atomic mass is 16.2. The molecule has 1 saturated carbocycles. The maximum Gasteiger partial charge on any atom is 0.316 e. The number of carbonyl (C=O) groups is 6. The lowest BCUT2D eigenvalue weighted by atomic mass is 9.85. The second-order valence-electron chi connectivity index (χ2n) is 12.5. The molecule has 1 aliphatic heterocycles. The van der Waals surface area contributed by atoms with E-state index in [1.54, 1.807) is 0 Å². The van der Waals surface area contributed by atoms with Crippen molar-refractivity contribution in [1.29, 1.82) is 0 Å². The van der Waals surface area contributed by atoms with Crippen molar-refractivity contribution in [3.63, 3.8) is 0 Å². The number of amides is 5. The van der Waals surface area contributed by atoms with Crippen LogP contribution in [-0.2, 0) is 24.0 Å². The standard InChI is InChI=1S/C28H47N5O6/c1-8-16(4)14-18(22(35)24(29)36)30-25(37)19-10-9-13-33(19)26(38)23(28(5,6)7)32-27(39)31-20(15(2)3)21(34)17-11-12-17/h15-20,23H,8-14H2,1-7H3,(H2,29,36)(H,30,37)(H2,31,32,39). The number of urea groups is 1. The van der Waals surface area contributed by atoms with Gasteiger partial charge in [0.1, 0.15) is 12.1 Å². The summed E-state index contributed by atoms with van der Waals surface area (Å²) in [7, 11) is 0. The minimum Gasteiger partial charge on any atom is -0.363 e. The number of likely N-dealkylation sites (tertiary alicyclic amines) is 1. The molecule has 0 aromatic heterocycles. The first-order valence-corrected chi connectivity index (χ1v) is 14.1. The zero-order valence-corrected chi connectivity index (χ0v) is 24.5. The number of hydrogen-bond donors (Lipinski definition) is 4. The molecule has 11 heteroatoms. The van der Waals surface area contributed by atoms with Crippen molar-refractivity contribution < 1.29 is 28.8 Å². The summed E-state index contributed by atoms with van der Waals surface area (Å²) >= 11 is 0. The average molecular weight is 550 g/mol. The van der Waals surface area contributed by atoms with Gasteiger partial charge in [0.2, 0.25) is 17.6 Å². The smallest absolute Gasteiger partial charge is 0.316 e. The summed E-state index contributed by atoms with van der Waals surface area (Å²) in [5.74, 6) is -3.00. The summed E-state index contributed by atoms with van der Waals surface area (Å²) in [6, 6.07) is -4.16. The highest BCUT2D eigenvalue weighted by Crippen LogP contribution is 2.32. The van der Waals surface area contributed by atoms with Gasteiger partial charge in [0, 0.05) is 12.5 Å². The topological polar surface area (TPSA) is 168 Å². The molecule has 5 unspecified atom stereocenters. The zero-order valence-electron chi connectivity index (χ0n) is 24.5. The van der Waals surface area contributed by atoms with E-state index in [9.17, 15) is 28.8 Å². The Labute approximate surface area is 231 Å². The third-order valence-corrected chi connectivity index (χ3v) is 7.68. The van der Waals surface area contributed by atoms with Crippen molar-refractivity contribution in [2.45, 2.75) is 111 Å². The van der Waals surface area contributed by atoms with Crippen LogP contribution in [0.4, 0.5) is 4.79 Å². The van der Waals surface area contributed by atoms with Crippen LogP contribution in [0.15, 0.2) is 0 Å². The highest BCUT2D eigenvalue weighted by Gasteiger charge is 2.43. The largest absolute Gasteiger partial charge is 0.363 e. The minimum atomic E-state index is -1.12. The third-order valence-electron chi connectivity index (χ3n) is 7.68. The summed E-state index contributed by atoms with van der Waals surface area (Å²) in [5, 5.41) is 8.18. The maximum atomic E-state index is 13.8. The molecule has 220 valence electrons. The van der Waals surface area contributed by atoms with Gasteiger partial charge in [0.25, 0.3) is 5.91 Å². The molecule has 0 radical (unpaired) electrons. The van der Waals surface area contributed by atoms with Crippen LogP contribution in [0.25, 0.3) is 0 Å². The molecule has 2 fully saturated rings. The average Bonchev–Trinajstić information content (AvgIpc) is 3.58. The van der Waals surface area contributed by atoms with Gasteiger partial charge in [-0.25, -0.2) is 4.79 Å². The lowest BCUT2D eigenvalue weighted by Crippen LogP contribution is -2.61. The van der Waals surface area contributed by atoms with E-state index in [2.05, 4.69) is 16.0 Å². The van der Waals surface area contributed by atoms with Crippen LogP contribution in [0.5, 0.6) is 0 Å².